The summed E-state index contributed by atoms with van der Waals surface area (Å²) in [4.78, 5) is 22.1. The van der Waals surface area contributed by atoms with Crippen molar-refractivity contribution in [3.63, 3.8) is 0 Å². The van der Waals surface area contributed by atoms with Crippen LogP contribution in [0.15, 0.2) is 73.6 Å². The molecule has 172 valence electrons. The van der Waals surface area contributed by atoms with Crippen LogP contribution in [0, 0.1) is 5.41 Å². The third-order valence-electron chi connectivity index (χ3n) is 5.87. The van der Waals surface area contributed by atoms with Crippen LogP contribution in [0.25, 0.3) is 0 Å². The molecule has 0 bridgehead atoms. The highest BCUT2D eigenvalue weighted by atomic mass is 16.6. The summed E-state index contributed by atoms with van der Waals surface area (Å²) in [7, 11) is 0. The lowest BCUT2D eigenvalue weighted by Gasteiger charge is -2.44. The van der Waals surface area contributed by atoms with E-state index in [0.29, 0.717) is 6.61 Å². The monoisotopic (exact) mass is 440 g/mol. The van der Waals surface area contributed by atoms with E-state index in [4.69, 9.17) is 18.9 Å². The Labute approximate surface area is 190 Å². The van der Waals surface area contributed by atoms with Gasteiger partial charge in [0.1, 0.15) is 37.9 Å². The fraction of sp³-hybridized carbons (Fsp3) is 0.385. The van der Waals surface area contributed by atoms with Gasteiger partial charge in [-0.2, -0.15) is 0 Å². The third-order valence-corrected chi connectivity index (χ3v) is 5.87. The Morgan fingerprint density at radius 1 is 0.969 bits per heavy atom. The first-order valence-corrected chi connectivity index (χ1v) is 10.6. The molecule has 1 aromatic rings. The SMILES string of the molecule is C=CC(=O)OCCOC1=CCC(C)(C(C)(C)c2ccc(OCCOC(=O)C=C)cc2)C=C1. The lowest BCUT2D eigenvalue weighted by molar-refractivity contribution is -0.139. The van der Waals surface area contributed by atoms with Crippen molar-refractivity contribution in [2.75, 3.05) is 26.4 Å². The quantitative estimate of drug-likeness (QED) is 0.267. The van der Waals surface area contributed by atoms with Gasteiger partial charge in [0.2, 0.25) is 0 Å². The van der Waals surface area contributed by atoms with E-state index in [0.717, 1.165) is 30.1 Å². The average molecular weight is 441 g/mol. The van der Waals surface area contributed by atoms with E-state index in [2.05, 4.69) is 58.2 Å². The van der Waals surface area contributed by atoms with Crippen molar-refractivity contribution >= 4 is 11.9 Å². The van der Waals surface area contributed by atoms with Crippen LogP contribution in [-0.2, 0) is 29.2 Å². The fourth-order valence-corrected chi connectivity index (χ4v) is 3.30. The van der Waals surface area contributed by atoms with Gasteiger partial charge in [-0.25, -0.2) is 9.59 Å². The molecule has 0 heterocycles. The van der Waals surface area contributed by atoms with E-state index in [1.165, 1.54) is 5.56 Å². The minimum Gasteiger partial charge on any atom is -0.490 e. The average Bonchev–Trinajstić information content (AvgIpc) is 2.80. The number of benzene rings is 1. The van der Waals surface area contributed by atoms with Gasteiger partial charge in [-0.15, -0.1) is 0 Å². The normalized spacial score (nSPS) is 17.7. The Kier molecular flexibility index (Phi) is 8.88. The number of carbonyl (C=O) groups is 2. The zero-order valence-corrected chi connectivity index (χ0v) is 19.1. The van der Waals surface area contributed by atoms with E-state index in [1.54, 1.807) is 0 Å². The highest BCUT2D eigenvalue weighted by Crippen LogP contribution is 2.47. The second-order valence-corrected chi connectivity index (χ2v) is 8.15. The molecule has 0 spiro atoms. The van der Waals surface area contributed by atoms with Crippen molar-refractivity contribution in [2.45, 2.75) is 32.6 Å². The van der Waals surface area contributed by atoms with E-state index in [-0.39, 0.29) is 30.7 Å². The molecule has 1 atom stereocenters. The standard InChI is InChI=1S/C26H32O6/c1-6-23(27)31-18-16-29-21-10-8-20(9-11-21)25(3,4)26(5)14-12-22(13-15-26)30-17-19-32-24(28)7-2/h6-14H,1-2,15-19H2,3-5H3. The predicted molar refractivity (Wildman–Crippen MR) is 123 cm³/mol. The predicted octanol–water partition coefficient (Wildman–Crippen LogP) is 4.67. The molecule has 32 heavy (non-hydrogen) atoms. The zero-order chi connectivity index (χ0) is 23.6. The Bertz CT molecular complexity index is 878. The van der Waals surface area contributed by atoms with Crippen LogP contribution in [0.2, 0.25) is 0 Å². The minimum atomic E-state index is -0.460. The van der Waals surface area contributed by atoms with Gasteiger partial charge in [-0.3, -0.25) is 0 Å². The molecule has 0 N–H and O–H groups in total. The summed E-state index contributed by atoms with van der Waals surface area (Å²) in [5.74, 6) is 0.576. The van der Waals surface area contributed by atoms with Crippen LogP contribution in [-0.4, -0.2) is 38.4 Å². The molecule has 0 amide bonds. The molecular formula is C26H32O6. The molecule has 1 aliphatic carbocycles. The highest BCUT2D eigenvalue weighted by Gasteiger charge is 2.40. The van der Waals surface area contributed by atoms with Crippen LogP contribution in [0.1, 0.15) is 32.8 Å². The second-order valence-electron chi connectivity index (χ2n) is 8.15. The molecule has 0 radical (unpaired) electrons. The maximum absolute atomic E-state index is 11.1. The van der Waals surface area contributed by atoms with Crippen molar-refractivity contribution in [2.24, 2.45) is 5.41 Å². The zero-order valence-electron chi connectivity index (χ0n) is 19.1. The molecule has 0 saturated heterocycles. The summed E-state index contributed by atoms with van der Waals surface area (Å²) < 4.78 is 21.1. The molecule has 0 saturated carbocycles. The molecular weight excluding hydrogens is 408 g/mol. The van der Waals surface area contributed by atoms with Crippen molar-refractivity contribution in [1.82, 2.24) is 0 Å². The first kappa shape index (κ1) is 25.0. The highest BCUT2D eigenvalue weighted by molar-refractivity contribution is 5.81. The molecule has 1 aromatic carbocycles. The molecule has 0 fully saturated rings. The summed E-state index contributed by atoms with van der Waals surface area (Å²) in [5.41, 5.74) is 0.920. The molecule has 1 aliphatic rings. The number of rotatable bonds is 12. The second kappa shape index (κ2) is 11.4. The summed E-state index contributed by atoms with van der Waals surface area (Å²) in [6.07, 6.45) is 9.29. The van der Waals surface area contributed by atoms with E-state index in [1.807, 2.05) is 18.2 Å². The Morgan fingerprint density at radius 2 is 1.53 bits per heavy atom. The molecule has 0 aromatic heterocycles. The Balaban J connectivity index is 1.90. The maximum Gasteiger partial charge on any atom is 0.330 e. The number of hydrogen-bond donors (Lipinski definition) is 0. The maximum atomic E-state index is 11.1. The smallest absolute Gasteiger partial charge is 0.330 e. The van der Waals surface area contributed by atoms with Crippen molar-refractivity contribution in [1.29, 1.82) is 0 Å². The van der Waals surface area contributed by atoms with Gasteiger partial charge < -0.3 is 18.9 Å². The number of esters is 2. The molecule has 6 heteroatoms. The summed E-state index contributed by atoms with van der Waals surface area (Å²) in [6.45, 7) is 14.3. The van der Waals surface area contributed by atoms with Crippen molar-refractivity contribution in [3.05, 3.63) is 79.1 Å². The third kappa shape index (κ3) is 6.61. The number of allylic oxidation sites excluding steroid dienone is 3. The van der Waals surface area contributed by atoms with Crippen molar-refractivity contribution < 1.29 is 28.5 Å². The first-order valence-electron chi connectivity index (χ1n) is 10.6. The fourth-order valence-electron chi connectivity index (χ4n) is 3.30. The van der Waals surface area contributed by atoms with Crippen molar-refractivity contribution in [3.8, 4) is 5.75 Å². The lowest BCUT2D eigenvalue weighted by atomic mass is 9.60. The number of carbonyl (C=O) groups excluding carboxylic acids is 2. The summed E-state index contributed by atoms with van der Waals surface area (Å²) in [5, 5.41) is 0. The molecule has 6 nitrogen and oxygen atoms in total. The Morgan fingerprint density at radius 3 is 2.03 bits per heavy atom. The topological polar surface area (TPSA) is 71.1 Å². The van der Waals surface area contributed by atoms with E-state index >= 15 is 0 Å². The van der Waals surface area contributed by atoms with Crippen LogP contribution < -0.4 is 4.74 Å². The van der Waals surface area contributed by atoms with Gasteiger partial charge >= 0.3 is 11.9 Å². The first-order chi connectivity index (χ1) is 15.2. The molecule has 0 aliphatic heterocycles. The van der Waals surface area contributed by atoms with Crippen LogP contribution in [0.4, 0.5) is 0 Å². The molecule has 2 rings (SSSR count). The van der Waals surface area contributed by atoms with Gasteiger partial charge in [-0.1, -0.05) is 52.1 Å². The summed E-state index contributed by atoms with van der Waals surface area (Å²) >= 11 is 0. The van der Waals surface area contributed by atoms with E-state index < -0.39 is 11.9 Å². The lowest BCUT2D eigenvalue weighted by Crippen LogP contribution is -2.38. The van der Waals surface area contributed by atoms with E-state index in [9.17, 15) is 9.59 Å². The largest absolute Gasteiger partial charge is 0.490 e. The number of hydrogen-bond acceptors (Lipinski definition) is 6. The van der Waals surface area contributed by atoms with Gasteiger partial charge in [0, 0.05) is 12.2 Å². The Hall–Kier alpha value is -3.28. The number of ether oxygens (including phenoxy) is 4. The summed E-state index contributed by atoms with van der Waals surface area (Å²) in [6, 6.07) is 7.98. The minimum absolute atomic E-state index is 0.115. The van der Waals surface area contributed by atoms with Gasteiger partial charge in [0.25, 0.3) is 0 Å². The molecule has 1 unspecified atom stereocenters. The van der Waals surface area contributed by atoms with Gasteiger partial charge in [0.15, 0.2) is 0 Å². The van der Waals surface area contributed by atoms with Gasteiger partial charge in [-0.05, 0) is 47.1 Å². The van der Waals surface area contributed by atoms with Crippen LogP contribution in [0.3, 0.4) is 0 Å². The van der Waals surface area contributed by atoms with Crippen LogP contribution in [0.5, 0.6) is 5.75 Å². The van der Waals surface area contributed by atoms with Crippen LogP contribution >= 0.6 is 0 Å². The van der Waals surface area contributed by atoms with Gasteiger partial charge in [0.05, 0.1) is 0 Å².